The minimum Gasteiger partial charge on any atom is -0.497 e. The van der Waals surface area contributed by atoms with Crippen molar-refractivity contribution >= 4 is 40.6 Å². The van der Waals surface area contributed by atoms with E-state index in [1.54, 1.807) is 0 Å². The van der Waals surface area contributed by atoms with Gasteiger partial charge in [0.25, 0.3) is 17.9 Å². The van der Waals surface area contributed by atoms with Crippen LogP contribution in [0.5, 0.6) is 5.75 Å². The highest BCUT2D eigenvalue weighted by Gasteiger charge is 2.23. The smallest absolute Gasteiger partial charge is 0.273 e. The van der Waals surface area contributed by atoms with Crippen molar-refractivity contribution in [3.8, 4) is 11.4 Å². The molecule has 0 aliphatic carbocycles. The fourth-order valence-electron chi connectivity index (χ4n) is 2.78. The number of pyridine rings is 1. The van der Waals surface area contributed by atoms with Gasteiger partial charge in [0.2, 0.25) is 0 Å². The predicted molar refractivity (Wildman–Crippen MR) is 116 cm³/mol. The van der Waals surface area contributed by atoms with Gasteiger partial charge in [-0.05, 0) is 11.6 Å². The van der Waals surface area contributed by atoms with Crippen LogP contribution in [0.3, 0.4) is 0 Å². The molecule has 0 aliphatic heterocycles. The van der Waals surface area contributed by atoms with Gasteiger partial charge in [-0.25, -0.2) is 13.8 Å². The van der Waals surface area contributed by atoms with Crippen LogP contribution < -0.4 is 27.1 Å². The summed E-state index contributed by atoms with van der Waals surface area (Å²) in [6, 6.07) is 2.47. The van der Waals surface area contributed by atoms with Crippen molar-refractivity contribution in [2.24, 2.45) is 5.73 Å². The summed E-state index contributed by atoms with van der Waals surface area (Å²) in [5.41, 5.74) is 9.87. The average Bonchev–Trinajstić information content (AvgIpc) is 2.74. The van der Waals surface area contributed by atoms with E-state index in [0.717, 1.165) is 17.1 Å². The van der Waals surface area contributed by atoms with Crippen LogP contribution in [0, 0.1) is 0 Å². The molecule has 0 unspecified atom stereocenters. The van der Waals surface area contributed by atoms with E-state index >= 15 is 0 Å². The highest BCUT2D eigenvalue weighted by molar-refractivity contribution is 6.38. The number of anilines is 2. The minimum absolute atomic E-state index is 0.00818. The van der Waals surface area contributed by atoms with Gasteiger partial charge in [-0.2, -0.15) is 0 Å². The molecule has 1 atom stereocenters. The lowest BCUT2D eigenvalue weighted by Crippen LogP contribution is -2.31. The van der Waals surface area contributed by atoms with E-state index in [-0.39, 0.29) is 32.8 Å². The average molecular weight is 485 g/mol. The standard InChI is InChI=1S/C19H16Cl2F2N6O3/c1-32-10-3-11(20)15(12(21)4-10)29-7-27-17(25)13(19(29)31)18(30)28-9-2-8(5-26-6-9)14(24)16(22)23/h2-7,14,16H,24-25H2,1H3,(H,28,30)/t14-/m0/s1. The van der Waals surface area contributed by atoms with E-state index < -0.39 is 29.5 Å². The van der Waals surface area contributed by atoms with Crippen molar-refractivity contribution in [3.63, 3.8) is 0 Å². The van der Waals surface area contributed by atoms with E-state index in [4.69, 9.17) is 39.4 Å². The van der Waals surface area contributed by atoms with Gasteiger partial charge in [-0.1, -0.05) is 23.2 Å². The molecule has 0 bridgehead atoms. The molecule has 9 nitrogen and oxygen atoms in total. The highest BCUT2D eigenvalue weighted by atomic mass is 35.5. The van der Waals surface area contributed by atoms with Crippen molar-refractivity contribution < 1.29 is 18.3 Å². The number of halogens is 4. The zero-order valence-electron chi connectivity index (χ0n) is 16.4. The maximum atomic E-state index is 13.0. The quantitative estimate of drug-likeness (QED) is 0.488. The number of hydrogen-bond donors (Lipinski definition) is 3. The Morgan fingerprint density at radius 1 is 1.22 bits per heavy atom. The first-order valence-electron chi connectivity index (χ1n) is 8.84. The molecule has 2 heterocycles. The Balaban J connectivity index is 2.01. The van der Waals surface area contributed by atoms with Crippen LogP contribution in [0.4, 0.5) is 20.3 Å². The number of hydrogen-bond acceptors (Lipinski definition) is 7. The number of carbonyl (C=O) groups is 1. The number of nitrogens with zero attached hydrogens (tertiary/aromatic N) is 3. The van der Waals surface area contributed by atoms with E-state index in [9.17, 15) is 18.4 Å². The zero-order chi connectivity index (χ0) is 23.6. The molecular formula is C19H16Cl2F2N6O3. The van der Waals surface area contributed by atoms with Crippen molar-refractivity contribution in [1.82, 2.24) is 14.5 Å². The summed E-state index contributed by atoms with van der Waals surface area (Å²) in [5.74, 6) is -0.954. The fourth-order valence-corrected chi connectivity index (χ4v) is 3.43. The van der Waals surface area contributed by atoms with E-state index in [1.807, 2.05) is 0 Å². The predicted octanol–water partition coefficient (Wildman–Crippen LogP) is 3.04. The van der Waals surface area contributed by atoms with E-state index in [1.165, 1.54) is 31.5 Å². The molecule has 0 fully saturated rings. The molecule has 0 spiro atoms. The Hall–Kier alpha value is -3.28. The molecule has 3 aromatic rings. The van der Waals surface area contributed by atoms with Crippen molar-refractivity contribution in [2.45, 2.75) is 12.5 Å². The number of aromatic nitrogens is 3. The maximum absolute atomic E-state index is 13.0. The lowest BCUT2D eigenvalue weighted by molar-refractivity contribution is 0.102. The molecule has 32 heavy (non-hydrogen) atoms. The van der Waals surface area contributed by atoms with Gasteiger partial charge in [-0.3, -0.25) is 19.1 Å². The fraction of sp³-hybridized carbons (Fsp3) is 0.158. The Morgan fingerprint density at radius 2 is 1.88 bits per heavy atom. The first-order chi connectivity index (χ1) is 15.1. The molecule has 0 saturated carbocycles. The van der Waals surface area contributed by atoms with Gasteiger partial charge in [-0.15, -0.1) is 0 Å². The number of nitrogen functional groups attached to an aromatic ring is 1. The monoisotopic (exact) mass is 484 g/mol. The van der Waals surface area contributed by atoms with Crippen LogP contribution in [0.15, 0.2) is 41.7 Å². The highest BCUT2D eigenvalue weighted by Crippen LogP contribution is 2.32. The number of carbonyl (C=O) groups excluding carboxylic acids is 1. The molecule has 1 amide bonds. The van der Waals surface area contributed by atoms with Crippen LogP contribution in [-0.2, 0) is 0 Å². The third-order valence-corrected chi connectivity index (χ3v) is 4.95. The summed E-state index contributed by atoms with van der Waals surface area (Å²) in [5, 5.41) is 2.50. The Kier molecular flexibility index (Phi) is 6.92. The lowest BCUT2D eigenvalue weighted by atomic mass is 10.1. The summed E-state index contributed by atoms with van der Waals surface area (Å²) in [4.78, 5) is 33.5. The van der Waals surface area contributed by atoms with Gasteiger partial charge in [0.05, 0.1) is 40.8 Å². The lowest BCUT2D eigenvalue weighted by Gasteiger charge is -2.14. The van der Waals surface area contributed by atoms with Crippen LogP contribution >= 0.6 is 23.2 Å². The van der Waals surface area contributed by atoms with Crippen molar-refractivity contribution in [3.05, 3.63) is 68.4 Å². The van der Waals surface area contributed by atoms with Gasteiger partial charge in [0.1, 0.15) is 23.5 Å². The second kappa shape index (κ2) is 9.47. The summed E-state index contributed by atoms with van der Waals surface area (Å²) in [7, 11) is 1.42. The van der Waals surface area contributed by atoms with Crippen LogP contribution in [0.1, 0.15) is 22.0 Å². The second-order valence-electron chi connectivity index (χ2n) is 6.44. The molecule has 0 aliphatic rings. The molecular weight excluding hydrogens is 469 g/mol. The number of rotatable bonds is 6. The first-order valence-corrected chi connectivity index (χ1v) is 9.60. The third-order valence-electron chi connectivity index (χ3n) is 4.37. The van der Waals surface area contributed by atoms with Gasteiger partial charge in [0.15, 0.2) is 0 Å². The molecule has 0 radical (unpaired) electrons. The molecule has 1 aromatic carbocycles. The Labute approximate surface area is 189 Å². The molecule has 2 aromatic heterocycles. The first kappa shape index (κ1) is 23.4. The summed E-state index contributed by atoms with van der Waals surface area (Å²) >= 11 is 12.5. The Morgan fingerprint density at radius 3 is 2.47 bits per heavy atom. The number of alkyl halides is 2. The number of nitrogens with one attached hydrogen (secondary N) is 1. The molecule has 5 N–H and O–H groups in total. The third kappa shape index (κ3) is 4.64. The second-order valence-corrected chi connectivity index (χ2v) is 7.26. The zero-order valence-corrected chi connectivity index (χ0v) is 17.9. The van der Waals surface area contributed by atoms with Crippen molar-refractivity contribution in [2.75, 3.05) is 18.2 Å². The number of benzene rings is 1. The molecule has 3 rings (SSSR count). The van der Waals surface area contributed by atoms with Crippen LogP contribution in [0.2, 0.25) is 10.0 Å². The summed E-state index contributed by atoms with van der Waals surface area (Å²) in [6.45, 7) is 0. The maximum Gasteiger partial charge on any atom is 0.273 e. The summed E-state index contributed by atoms with van der Waals surface area (Å²) < 4.78 is 31.7. The molecule has 13 heteroatoms. The number of nitrogens with two attached hydrogens (primary N) is 2. The number of ether oxygens (including phenoxy) is 1. The van der Waals surface area contributed by atoms with Gasteiger partial charge in [0, 0.05) is 18.3 Å². The SMILES string of the molecule is COc1cc(Cl)c(-n2cnc(N)c(C(=O)Nc3cncc([C@H](N)C(F)F)c3)c2=O)c(Cl)c1. The van der Waals surface area contributed by atoms with E-state index in [2.05, 4.69) is 15.3 Å². The molecule has 168 valence electrons. The Bertz CT molecular complexity index is 1210. The van der Waals surface area contributed by atoms with Crippen molar-refractivity contribution in [1.29, 1.82) is 0 Å². The number of methoxy groups -OCH3 is 1. The number of amides is 1. The topological polar surface area (TPSA) is 138 Å². The normalized spacial score (nSPS) is 12.0. The van der Waals surface area contributed by atoms with Gasteiger partial charge < -0.3 is 21.5 Å². The van der Waals surface area contributed by atoms with Gasteiger partial charge >= 0.3 is 0 Å². The largest absolute Gasteiger partial charge is 0.497 e. The summed E-state index contributed by atoms with van der Waals surface area (Å²) in [6.07, 6.45) is 0.577. The molecule has 0 saturated heterocycles. The minimum atomic E-state index is -2.83. The van der Waals surface area contributed by atoms with Crippen LogP contribution in [0.25, 0.3) is 5.69 Å². The van der Waals surface area contributed by atoms with Crippen LogP contribution in [-0.4, -0.2) is 34.0 Å². The van der Waals surface area contributed by atoms with E-state index in [0.29, 0.717) is 5.75 Å².